The number of rotatable bonds is 3. The van der Waals surface area contributed by atoms with Crippen molar-refractivity contribution >= 4 is 11.6 Å². The van der Waals surface area contributed by atoms with E-state index in [1.807, 2.05) is 6.92 Å². The second-order valence-corrected chi connectivity index (χ2v) is 3.53. The molecule has 0 saturated heterocycles. The van der Waals surface area contributed by atoms with Gasteiger partial charge in [0.25, 0.3) is 5.91 Å². The summed E-state index contributed by atoms with van der Waals surface area (Å²) < 4.78 is 0. The summed E-state index contributed by atoms with van der Waals surface area (Å²) in [4.78, 5) is 19.7. The molecule has 2 rings (SSSR count). The van der Waals surface area contributed by atoms with Gasteiger partial charge >= 0.3 is 0 Å². The number of hydrogen-bond donors (Lipinski definition) is 3. The average molecular weight is 232 g/mol. The van der Waals surface area contributed by atoms with Crippen molar-refractivity contribution in [3.63, 3.8) is 0 Å². The van der Waals surface area contributed by atoms with Crippen LogP contribution in [0.15, 0.2) is 18.6 Å². The Morgan fingerprint density at radius 2 is 2.35 bits per heavy atom. The van der Waals surface area contributed by atoms with Crippen LogP contribution in [-0.2, 0) is 6.54 Å². The zero-order valence-electron chi connectivity index (χ0n) is 9.27. The van der Waals surface area contributed by atoms with Crippen LogP contribution in [0.4, 0.5) is 5.69 Å². The Hall–Kier alpha value is -2.44. The van der Waals surface area contributed by atoms with Crippen molar-refractivity contribution in [3.05, 3.63) is 35.7 Å². The maximum Gasteiger partial charge on any atom is 0.255 e. The highest BCUT2D eigenvalue weighted by molar-refractivity contribution is 5.98. The Morgan fingerprint density at radius 1 is 1.53 bits per heavy atom. The standard InChI is InChI=1S/C10H12N6O/c1-6-2-8(11)7(3-12-6)10(17)13-4-9-14-5-15-16-9/h2-3,5H,4H2,1H3,(H2,11,12)(H,13,17)(H,14,15,16). The Balaban J connectivity index is 2.04. The molecule has 0 fully saturated rings. The lowest BCUT2D eigenvalue weighted by Crippen LogP contribution is -2.24. The molecular formula is C10H12N6O. The Bertz CT molecular complexity index is 522. The predicted octanol–water partition coefficient (Wildman–Crippen LogP) is 0.0203. The predicted molar refractivity (Wildman–Crippen MR) is 60.9 cm³/mol. The monoisotopic (exact) mass is 232 g/mol. The molecule has 0 aliphatic rings. The van der Waals surface area contributed by atoms with E-state index >= 15 is 0 Å². The number of nitrogens with two attached hydrogens (primary N) is 1. The highest BCUT2D eigenvalue weighted by atomic mass is 16.1. The summed E-state index contributed by atoms with van der Waals surface area (Å²) >= 11 is 0. The number of amides is 1. The van der Waals surface area contributed by atoms with Crippen LogP contribution in [0, 0.1) is 6.92 Å². The van der Waals surface area contributed by atoms with Crippen molar-refractivity contribution in [1.82, 2.24) is 25.5 Å². The highest BCUT2D eigenvalue weighted by Crippen LogP contribution is 2.10. The summed E-state index contributed by atoms with van der Waals surface area (Å²) in [6.07, 6.45) is 2.84. The summed E-state index contributed by atoms with van der Waals surface area (Å²) in [6, 6.07) is 1.66. The van der Waals surface area contributed by atoms with E-state index in [1.54, 1.807) is 6.07 Å². The lowest BCUT2D eigenvalue weighted by atomic mass is 10.2. The number of hydrogen-bond acceptors (Lipinski definition) is 5. The molecule has 7 nitrogen and oxygen atoms in total. The van der Waals surface area contributed by atoms with Crippen molar-refractivity contribution in [2.45, 2.75) is 13.5 Å². The fourth-order valence-corrected chi connectivity index (χ4v) is 1.35. The van der Waals surface area contributed by atoms with E-state index in [-0.39, 0.29) is 12.5 Å². The van der Waals surface area contributed by atoms with Crippen LogP contribution in [0.3, 0.4) is 0 Å². The molecule has 0 aliphatic heterocycles. The molecule has 88 valence electrons. The molecule has 2 aromatic rings. The van der Waals surface area contributed by atoms with Gasteiger partial charge in [-0.1, -0.05) is 0 Å². The third-order valence-corrected chi connectivity index (χ3v) is 2.20. The van der Waals surface area contributed by atoms with Crippen LogP contribution >= 0.6 is 0 Å². The molecule has 0 spiro atoms. The van der Waals surface area contributed by atoms with Crippen molar-refractivity contribution in [1.29, 1.82) is 0 Å². The average Bonchev–Trinajstić information content (AvgIpc) is 2.78. The number of nitrogen functional groups attached to an aromatic ring is 1. The molecule has 0 aromatic carbocycles. The lowest BCUT2D eigenvalue weighted by Gasteiger charge is -2.06. The molecule has 17 heavy (non-hydrogen) atoms. The number of H-pyrrole nitrogens is 1. The maximum absolute atomic E-state index is 11.8. The fraction of sp³-hybridized carbons (Fsp3) is 0.200. The molecule has 0 atom stereocenters. The highest BCUT2D eigenvalue weighted by Gasteiger charge is 2.10. The van der Waals surface area contributed by atoms with Gasteiger partial charge in [0.2, 0.25) is 0 Å². The minimum absolute atomic E-state index is 0.270. The first-order valence-corrected chi connectivity index (χ1v) is 5.01. The van der Waals surface area contributed by atoms with Gasteiger partial charge in [-0.25, -0.2) is 4.98 Å². The first-order valence-electron chi connectivity index (χ1n) is 5.01. The second-order valence-electron chi connectivity index (χ2n) is 3.53. The quantitative estimate of drug-likeness (QED) is 0.691. The van der Waals surface area contributed by atoms with E-state index in [0.29, 0.717) is 17.1 Å². The smallest absolute Gasteiger partial charge is 0.255 e. The summed E-state index contributed by atoms with van der Waals surface area (Å²) in [6.45, 7) is 2.08. The van der Waals surface area contributed by atoms with Crippen molar-refractivity contribution in [3.8, 4) is 0 Å². The molecule has 1 amide bonds. The number of aromatic amines is 1. The first kappa shape index (κ1) is 11.1. The maximum atomic E-state index is 11.8. The lowest BCUT2D eigenvalue weighted by molar-refractivity contribution is 0.0950. The van der Waals surface area contributed by atoms with Crippen LogP contribution in [0.5, 0.6) is 0 Å². The van der Waals surface area contributed by atoms with Crippen molar-refractivity contribution < 1.29 is 4.79 Å². The van der Waals surface area contributed by atoms with Gasteiger partial charge in [-0.05, 0) is 13.0 Å². The summed E-state index contributed by atoms with van der Waals surface area (Å²) in [7, 11) is 0. The van der Waals surface area contributed by atoms with Crippen molar-refractivity contribution in [2.24, 2.45) is 0 Å². The largest absolute Gasteiger partial charge is 0.398 e. The molecule has 0 radical (unpaired) electrons. The zero-order valence-corrected chi connectivity index (χ0v) is 9.27. The van der Waals surface area contributed by atoms with Crippen LogP contribution in [0.1, 0.15) is 21.9 Å². The second kappa shape index (κ2) is 4.60. The number of nitrogens with one attached hydrogen (secondary N) is 2. The Labute approximate surface area is 97.5 Å². The van der Waals surface area contributed by atoms with Crippen LogP contribution < -0.4 is 11.1 Å². The number of carbonyl (C=O) groups excluding carboxylic acids is 1. The molecular weight excluding hydrogens is 220 g/mol. The molecule has 7 heteroatoms. The number of carbonyl (C=O) groups is 1. The molecule has 4 N–H and O–H groups in total. The number of nitrogens with zero attached hydrogens (tertiary/aromatic N) is 3. The van der Waals surface area contributed by atoms with Gasteiger partial charge in [0.05, 0.1) is 12.1 Å². The zero-order chi connectivity index (χ0) is 12.3. The Morgan fingerprint density at radius 3 is 3.00 bits per heavy atom. The van der Waals surface area contributed by atoms with E-state index in [4.69, 9.17) is 5.73 Å². The third kappa shape index (κ3) is 2.57. The molecule has 2 heterocycles. The topological polar surface area (TPSA) is 110 Å². The van der Waals surface area contributed by atoms with Gasteiger partial charge in [0, 0.05) is 17.6 Å². The number of pyridine rings is 1. The normalized spacial score (nSPS) is 10.2. The molecule has 2 aromatic heterocycles. The first-order chi connectivity index (χ1) is 8.16. The minimum atomic E-state index is -0.286. The van der Waals surface area contributed by atoms with Gasteiger partial charge in [-0.2, -0.15) is 5.10 Å². The SMILES string of the molecule is Cc1cc(N)c(C(=O)NCc2ncn[nH]2)cn1. The van der Waals surface area contributed by atoms with Gasteiger partial charge in [-0.15, -0.1) is 0 Å². The van der Waals surface area contributed by atoms with E-state index in [0.717, 1.165) is 5.69 Å². The van der Waals surface area contributed by atoms with E-state index < -0.39 is 0 Å². The van der Waals surface area contributed by atoms with E-state index in [1.165, 1.54) is 12.5 Å². The van der Waals surface area contributed by atoms with Gasteiger partial charge < -0.3 is 11.1 Å². The molecule has 0 unspecified atom stereocenters. The van der Waals surface area contributed by atoms with Gasteiger partial charge in [-0.3, -0.25) is 14.9 Å². The van der Waals surface area contributed by atoms with Crippen LogP contribution in [0.25, 0.3) is 0 Å². The van der Waals surface area contributed by atoms with E-state index in [2.05, 4.69) is 25.5 Å². The van der Waals surface area contributed by atoms with Gasteiger partial charge in [0.15, 0.2) is 0 Å². The third-order valence-electron chi connectivity index (χ3n) is 2.20. The molecule has 0 saturated carbocycles. The van der Waals surface area contributed by atoms with Crippen LogP contribution in [-0.4, -0.2) is 26.1 Å². The molecule has 0 bridgehead atoms. The number of anilines is 1. The molecule has 0 aliphatic carbocycles. The Kier molecular flexibility index (Phi) is 2.99. The number of aromatic nitrogens is 4. The van der Waals surface area contributed by atoms with E-state index in [9.17, 15) is 4.79 Å². The fourth-order valence-electron chi connectivity index (χ4n) is 1.35. The summed E-state index contributed by atoms with van der Waals surface area (Å²) in [5, 5.41) is 8.99. The number of aryl methyl sites for hydroxylation is 1. The minimum Gasteiger partial charge on any atom is -0.398 e. The summed E-state index contributed by atoms with van der Waals surface area (Å²) in [5.41, 5.74) is 7.27. The van der Waals surface area contributed by atoms with Crippen molar-refractivity contribution in [2.75, 3.05) is 5.73 Å². The van der Waals surface area contributed by atoms with Gasteiger partial charge in [0.1, 0.15) is 12.2 Å². The van der Waals surface area contributed by atoms with Crippen LogP contribution in [0.2, 0.25) is 0 Å². The summed E-state index contributed by atoms with van der Waals surface area (Å²) in [5.74, 6) is 0.295.